The number of rotatable bonds is 8. The van der Waals surface area contributed by atoms with Crippen molar-refractivity contribution < 1.29 is 29.0 Å². The summed E-state index contributed by atoms with van der Waals surface area (Å²) < 4.78 is 5.18. The van der Waals surface area contributed by atoms with E-state index in [9.17, 15) is 19.2 Å². The Hall–Kier alpha value is -4.14. The minimum atomic E-state index is -0.966. The molecule has 2 aliphatic heterocycles. The van der Waals surface area contributed by atoms with E-state index in [1.165, 1.54) is 4.90 Å². The molecule has 0 aliphatic carbocycles. The van der Waals surface area contributed by atoms with Gasteiger partial charge in [-0.15, -0.1) is 0 Å². The molecule has 0 aromatic heterocycles. The Morgan fingerprint density at radius 1 is 1.11 bits per heavy atom. The minimum Gasteiger partial charge on any atom is -0.497 e. The average molecular weight is 506 g/mol. The van der Waals surface area contributed by atoms with Crippen molar-refractivity contribution in [2.75, 3.05) is 19.0 Å². The fraction of sp³-hybridized carbons (Fsp3) is 0.357. The Bertz CT molecular complexity index is 1250. The average Bonchev–Trinajstić information content (AvgIpc) is 3.22. The molecule has 2 unspecified atom stereocenters. The zero-order valence-corrected chi connectivity index (χ0v) is 21.1. The van der Waals surface area contributed by atoms with Crippen molar-refractivity contribution >= 4 is 41.5 Å². The highest BCUT2D eigenvalue weighted by Crippen LogP contribution is 2.31. The van der Waals surface area contributed by atoms with E-state index in [1.807, 2.05) is 42.5 Å². The topological polar surface area (TPSA) is 125 Å². The predicted octanol–water partition coefficient (Wildman–Crippen LogP) is 3.41. The highest BCUT2D eigenvalue weighted by Gasteiger charge is 2.43. The van der Waals surface area contributed by atoms with Crippen LogP contribution < -0.4 is 15.4 Å². The number of carboxylic acid groups (broad SMARTS) is 1. The molecular formula is C28H31N3O6. The maximum atomic E-state index is 13.5. The SMILES string of the molecule is COc1ccc(C=Cc2ccc3c(c2)C(=O)N2CC(NC(=O)CC(C)(C)CC(=O)O)CC2C(=O)N3)cc1. The van der Waals surface area contributed by atoms with Crippen LogP contribution in [0.15, 0.2) is 42.5 Å². The van der Waals surface area contributed by atoms with Crippen LogP contribution >= 0.6 is 0 Å². The maximum Gasteiger partial charge on any atom is 0.303 e. The van der Waals surface area contributed by atoms with Crippen LogP contribution in [0.3, 0.4) is 0 Å². The number of benzene rings is 2. The Morgan fingerprint density at radius 3 is 2.46 bits per heavy atom. The molecule has 9 heteroatoms. The summed E-state index contributed by atoms with van der Waals surface area (Å²) >= 11 is 0. The number of hydrogen-bond acceptors (Lipinski definition) is 5. The van der Waals surface area contributed by atoms with E-state index in [4.69, 9.17) is 9.84 Å². The molecule has 1 fully saturated rings. The number of nitrogens with one attached hydrogen (secondary N) is 2. The molecule has 0 bridgehead atoms. The van der Waals surface area contributed by atoms with Gasteiger partial charge in [0.25, 0.3) is 5.91 Å². The molecule has 37 heavy (non-hydrogen) atoms. The number of ether oxygens (including phenoxy) is 1. The summed E-state index contributed by atoms with van der Waals surface area (Å²) in [6.07, 6.45) is 4.02. The molecule has 0 saturated carbocycles. The number of nitrogens with zero attached hydrogens (tertiary/aromatic N) is 1. The van der Waals surface area contributed by atoms with E-state index >= 15 is 0 Å². The number of carbonyl (C=O) groups is 4. The van der Waals surface area contributed by atoms with E-state index in [0.717, 1.165) is 16.9 Å². The van der Waals surface area contributed by atoms with Crippen LogP contribution in [0.1, 0.15) is 54.6 Å². The van der Waals surface area contributed by atoms with Gasteiger partial charge in [-0.25, -0.2) is 0 Å². The molecule has 9 nitrogen and oxygen atoms in total. The Labute approximate surface area is 215 Å². The van der Waals surface area contributed by atoms with Crippen molar-refractivity contribution in [1.29, 1.82) is 0 Å². The van der Waals surface area contributed by atoms with Gasteiger partial charge in [0.05, 0.1) is 24.8 Å². The summed E-state index contributed by atoms with van der Waals surface area (Å²) in [5, 5.41) is 14.8. The van der Waals surface area contributed by atoms with Gasteiger partial charge in [-0.05, 0) is 47.2 Å². The summed E-state index contributed by atoms with van der Waals surface area (Å²) in [5.41, 5.74) is 1.92. The standard InChI is InChI=1S/C28H31N3O6/c1-28(2,15-25(33)34)14-24(32)29-19-13-23-26(35)30-22-11-8-18(12-21(22)27(36)31(23)16-19)5-4-17-6-9-20(37-3)10-7-17/h4-12,19,23H,13-16H2,1-3H3,(H,29,32)(H,30,35)(H,33,34). The van der Waals surface area contributed by atoms with Gasteiger partial charge in [0, 0.05) is 19.0 Å². The van der Waals surface area contributed by atoms with Gasteiger partial charge in [0.1, 0.15) is 11.8 Å². The first-order valence-corrected chi connectivity index (χ1v) is 12.1. The van der Waals surface area contributed by atoms with Gasteiger partial charge in [0.15, 0.2) is 0 Å². The second kappa shape index (κ2) is 10.5. The normalized spacial score (nSPS) is 19.2. The molecule has 2 aromatic rings. The lowest BCUT2D eigenvalue weighted by atomic mass is 9.85. The van der Waals surface area contributed by atoms with Gasteiger partial charge in [-0.2, -0.15) is 0 Å². The molecular weight excluding hydrogens is 474 g/mol. The number of fused-ring (bicyclic) bond motifs is 2. The Balaban J connectivity index is 1.47. The third-order valence-corrected chi connectivity index (χ3v) is 6.61. The van der Waals surface area contributed by atoms with E-state index in [-0.39, 0.29) is 37.1 Å². The quantitative estimate of drug-likeness (QED) is 0.472. The van der Waals surface area contributed by atoms with E-state index in [2.05, 4.69) is 10.6 Å². The molecule has 0 radical (unpaired) electrons. The molecule has 1 saturated heterocycles. The van der Waals surface area contributed by atoms with Gasteiger partial charge >= 0.3 is 5.97 Å². The molecule has 194 valence electrons. The highest BCUT2D eigenvalue weighted by molar-refractivity contribution is 6.10. The molecule has 2 heterocycles. The van der Waals surface area contributed by atoms with Gasteiger partial charge in [0.2, 0.25) is 11.8 Å². The van der Waals surface area contributed by atoms with Crippen molar-refractivity contribution in [2.45, 2.75) is 45.2 Å². The monoisotopic (exact) mass is 505 g/mol. The number of carbonyl (C=O) groups excluding carboxylic acids is 3. The summed E-state index contributed by atoms with van der Waals surface area (Å²) in [6, 6.07) is 11.8. The number of methoxy groups -OCH3 is 1. The first-order chi connectivity index (χ1) is 17.5. The lowest BCUT2D eigenvalue weighted by Crippen LogP contribution is -2.41. The Kier molecular flexibility index (Phi) is 7.33. The van der Waals surface area contributed by atoms with E-state index in [0.29, 0.717) is 17.7 Å². The number of hydrogen-bond donors (Lipinski definition) is 3. The number of aliphatic carboxylic acids is 1. The lowest BCUT2D eigenvalue weighted by molar-refractivity contribution is -0.139. The fourth-order valence-corrected chi connectivity index (χ4v) is 4.83. The van der Waals surface area contributed by atoms with Crippen LogP contribution in [0.5, 0.6) is 5.75 Å². The number of amides is 3. The van der Waals surface area contributed by atoms with Gasteiger partial charge in [-0.3, -0.25) is 19.2 Å². The van der Waals surface area contributed by atoms with Crippen LogP contribution in [-0.2, 0) is 14.4 Å². The predicted molar refractivity (Wildman–Crippen MR) is 139 cm³/mol. The first-order valence-electron chi connectivity index (χ1n) is 12.1. The third-order valence-electron chi connectivity index (χ3n) is 6.61. The first kappa shape index (κ1) is 25.9. The molecule has 3 N–H and O–H groups in total. The van der Waals surface area contributed by atoms with Gasteiger partial charge in [-0.1, -0.05) is 44.2 Å². The Morgan fingerprint density at radius 2 is 1.78 bits per heavy atom. The van der Waals surface area contributed by atoms with Crippen molar-refractivity contribution in [1.82, 2.24) is 10.2 Å². The number of anilines is 1. The summed E-state index contributed by atoms with van der Waals surface area (Å²) in [7, 11) is 1.61. The summed E-state index contributed by atoms with van der Waals surface area (Å²) in [6.45, 7) is 3.64. The molecule has 2 aliphatic rings. The largest absolute Gasteiger partial charge is 0.497 e. The van der Waals surface area contributed by atoms with Crippen LogP contribution in [0, 0.1) is 5.41 Å². The van der Waals surface area contributed by atoms with Crippen molar-refractivity contribution in [3.8, 4) is 5.75 Å². The third kappa shape index (κ3) is 6.17. The number of carboxylic acids is 1. The zero-order chi connectivity index (χ0) is 26.7. The maximum absolute atomic E-state index is 13.5. The van der Waals surface area contributed by atoms with Crippen molar-refractivity contribution in [2.24, 2.45) is 5.41 Å². The van der Waals surface area contributed by atoms with Crippen LogP contribution in [0.25, 0.3) is 12.2 Å². The second-order valence-corrected chi connectivity index (χ2v) is 10.3. The molecule has 2 aromatic carbocycles. The zero-order valence-electron chi connectivity index (χ0n) is 21.1. The van der Waals surface area contributed by atoms with Crippen LogP contribution in [-0.4, -0.2) is 59.4 Å². The molecule has 3 amide bonds. The van der Waals surface area contributed by atoms with E-state index < -0.39 is 23.5 Å². The van der Waals surface area contributed by atoms with Gasteiger partial charge < -0.3 is 25.4 Å². The summed E-state index contributed by atoms with van der Waals surface area (Å²) in [5.74, 6) is -1.07. The fourth-order valence-electron chi connectivity index (χ4n) is 4.83. The van der Waals surface area contributed by atoms with Crippen molar-refractivity contribution in [3.63, 3.8) is 0 Å². The molecule has 0 spiro atoms. The van der Waals surface area contributed by atoms with Crippen LogP contribution in [0.2, 0.25) is 0 Å². The lowest BCUT2D eigenvalue weighted by Gasteiger charge is -2.23. The highest BCUT2D eigenvalue weighted by atomic mass is 16.5. The smallest absolute Gasteiger partial charge is 0.303 e. The van der Waals surface area contributed by atoms with Crippen LogP contribution in [0.4, 0.5) is 5.69 Å². The minimum absolute atomic E-state index is 0.0351. The summed E-state index contributed by atoms with van der Waals surface area (Å²) in [4.78, 5) is 51.5. The second-order valence-electron chi connectivity index (χ2n) is 10.3. The molecule has 4 rings (SSSR count). The van der Waals surface area contributed by atoms with E-state index in [1.54, 1.807) is 33.1 Å². The molecule has 2 atom stereocenters. The van der Waals surface area contributed by atoms with Crippen molar-refractivity contribution in [3.05, 3.63) is 59.2 Å².